The molecule has 0 spiro atoms. The van der Waals surface area contributed by atoms with E-state index >= 15 is 0 Å². The van der Waals surface area contributed by atoms with E-state index in [9.17, 15) is 4.79 Å². The summed E-state index contributed by atoms with van der Waals surface area (Å²) < 4.78 is 0. The molecule has 2 unspecified atom stereocenters. The third-order valence-corrected chi connectivity index (χ3v) is 2.39. The quantitative estimate of drug-likeness (QED) is 0.525. The highest BCUT2D eigenvalue weighted by Crippen LogP contribution is 2.23. The number of hydrogen-bond acceptors (Lipinski definition) is 3. The molecule has 1 aromatic rings. The van der Waals surface area contributed by atoms with Crippen LogP contribution in [0.2, 0.25) is 0 Å². The molecule has 3 N–H and O–H groups in total. The van der Waals surface area contributed by atoms with E-state index in [4.69, 9.17) is 0 Å². The third-order valence-electron chi connectivity index (χ3n) is 2.39. The normalized spacial score (nSPS) is 29.4. The van der Waals surface area contributed by atoms with Crippen LogP contribution < -0.4 is 11.0 Å². The molecule has 12 heavy (non-hydrogen) atoms. The SMILES string of the molecule is CC1CNCC1c1n[nH]c(=O)[nH]1. The summed E-state index contributed by atoms with van der Waals surface area (Å²) in [4.78, 5) is 13.4. The second-order valence-electron chi connectivity index (χ2n) is 3.30. The number of nitrogens with one attached hydrogen (secondary N) is 3. The topological polar surface area (TPSA) is 73.6 Å². The molecule has 0 aliphatic carbocycles. The number of rotatable bonds is 1. The zero-order valence-electron chi connectivity index (χ0n) is 6.92. The first kappa shape index (κ1) is 7.54. The Kier molecular flexibility index (Phi) is 1.73. The molecule has 0 radical (unpaired) electrons. The maximum Gasteiger partial charge on any atom is 0.340 e. The fourth-order valence-corrected chi connectivity index (χ4v) is 1.63. The van der Waals surface area contributed by atoms with Crippen molar-refractivity contribution < 1.29 is 0 Å². The van der Waals surface area contributed by atoms with Gasteiger partial charge in [-0.2, -0.15) is 5.10 Å². The Hall–Kier alpha value is -1.10. The van der Waals surface area contributed by atoms with E-state index in [-0.39, 0.29) is 5.69 Å². The van der Waals surface area contributed by atoms with Crippen LogP contribution in [0.15, 0.2) is 4.79 Å². The zero-order chi connectivity index (χ0) is 8.55. The number of nitrogens with zero attached hydrogens (tertiary/aromatic N) is 1. The van der Waals surface area contributed by atoms with E-state index in [1.54, 1.807) is 0 Å². The van der Waals surface area contributed by atoms with E-state index in [0.29, 0.717) is 11.8 Å². The van der Waals surface area contributed by atoms with Crippen LogP contribution in [0.3, 0.4) is 0 Å². The van der Waals surface area contributed by atoms with E-state index in [1.807, 2.05) is 0 Å². The van der Waals surface area contributed by atoms with Gasteiger partial charge in [-0.15, -0.1) is 0 Å². The Morgan fingerprint density at radius 1 is 1.50 bits per heavy atom. The molecule has 2 rings (SSSR count). The fourth-order valence-electron chi connectivity index (χ4n) is 1.63. The van der Waals surface area contributed by atoms with Gasteiger partial charge in [0.2, 0.25) is 0 Å². The molecule has 1 aliphatic rings. The van der Waals surface area contributed by atoms with E-state index in [1.165, 1.54) is 0 Å². The minimum atomic E-state index is -0.218. The number of aromatic amines is 2. The van der Waals surface area contributed by atoms with Gasteiger partial charge in [0.1, 0.15) is 5.82 Å². The summed E-state index contributed by atoms with van der Waals surface area (Å²) in [5.41, 5.74) is -0.218. The van der Waals surface area contributed by atoms with Gasteiger partial charge in [0, 0.05) is 12.5 Å². The molecule has 1 saturated heterocycles. The molecule has 1 aliphatic heterocycles. The van der Waals surface area contributed by atoms with Crippen LogP contribution in [0.5, 0.6) is 0 Å². The van der Waals surface area contributed by atoms with Gasteiger partial charge in [-0.25, -0.2) is 9.89 Å². The van der Waals surface area contributed by atoms with Gasteiger partial charge in [0.05, 0.1) is 0 Å². The first-order valence-corrected chi connectivity index (χ1v) is 4.12. The first-order valence-electron chi connectivity index (χ1n) is 4.12. The molecule has 0 amide bonds. The van der Waals surface area contributed by atoms with E-state index in [0.717, 1.165) is 18.9 Å². The molecule has 5 nitrogen and oxygen atoms in total. The standard InChI is InChI=1S/C7H12N4O/c1-4-2-8-3-5(4)6-9-7(12)11-10-6/h4-5,8H,2-3H2,1H3,(H2,9,10,11,12). The zero-order valence-corrected chi connectivity index (χ0v) is 6.92. The van der Waals surface area contributed by atoms with Crippen molar-refractivity contribution >= 4 is 0 Å². The first-order chi connectivity index (χ1) is 5.77. The van der Waals surface area contributed by atoms with E-state index < -0.39 is 0 Å². The van der Waals surface area contributed by atoms with Crippen molar-refractivity contribution in [2.75, 3.05) is 13.1 Å². The lowest BCUT2D eigenvalue weighted by molar-refractivity contribution is 0.547. The van der Waals surface area contributed by atoms with Crippen LogP contribution >= 0.6 is 0 Å². The minimum absolute atomic E-state index is 0.218. The molecular weight excluding hydrogens is 156 g/mol. The molecular formula is C7H12N4O. The van der Waals surface area contributed by atoms with Crippen LogP contribution in [0.4, 0.5) is 0 Å². The number of aromatic nitrogens is 3. The summed E-state index contributed by atoms with van der Waals surface area (Å²) in [5, 5.41) is 9.55. The Morgan fingerprint density at radius 3 is 2.83 bits per heavy atom. The summed E-state index contributed by atoms with van der Waals surface area (Å²) in [6.07, 6.45) is 0. The molecule has 0 bridgehead atoms. The van der Waals surface area contributed by atoms with Crippen LogP contribution in [-0.4, -0.2) is 28.3 Å². The number of hydrogen-bond donors (Lipinski definition) is 3. The van der Waals surface area contributed by atoms with Gasteiger partial charge in [-0.3, -0.25) is 4.98 Å². The van der Waals surface area contributed by atoms with Gasteiger partial charge < -0.3 is 5.32 Å². The van der Waals surface area contributed by atoms with Gasteiger partial charge in [-0.1, -0.05) is 6.92 Å². The maximum atomic E-state index is 10.8. The summed E-state index contributed by atoms with van der Waals surface area (Å²) in [6.45, 7) is 4.05. The van der Waals surface area contributed by atoms with Crippen molar-refractivity contribution in [2.24, 2.45) is 5.92 Å². The van der Waals surface area contributed by atoms with Crippen LogP contribution in [0.25, 0.3) is 0 Å². The van der Waals surface area contributed by atoms with Crippen molar-refractivity contribution in [2.45, 2.75) is 12.8 Å². The van der Waals surface area contributed by atoms with Gasteiger partial charge >= 0.3 is 5.69 Å². The van der Waals surface area contributed by atoms with Crippen molar-refractivity contribution in [3.63, 3.8) is 0 Å². The van der Waals surface area contributed by atoms with Crippen LogP contribution in [0, 0.1) is 5.92 Å². The van der Waals surface area contributed by atoms with Gasteiger partial charge in [0.25, 0.3) is 0 Å². The van der Waals surface area contributed by atoms with Crippen LogP contribution in [0.1, 0.15) is 18.7 Å². The monoisotopic (exact) mass is 168 g/mol. The average molecular weight is 168 g/mol. The van der Waals surface area contributed by atoms with Crippen LogP contribution in [-0.2, 0) is 0 Å². The lowest BCUT2D eigenvalue weighted by Gasteiger charge is -2.08. The molecule has 1 fully saturated rings. The lowest BCUT2D eigenvalue weighted by atomic mass is 9.98. The smallest absolute Gasteiger partial charge is 0.316 e. The van der Waals surface area contributed by atoms with E-state index in [2.05, 4.69) is 27.4 Å². The highest BCUT2D eigenvalue weighted by molar-refractivity contribution is 5.00. The Bertz CT molecular complexity index is 315. The molecule has 5 heteroatoms. The Balaban J connectivity index is 2.24. The van der Waals surface area contributed by atoms with Gasteiger partial charge in [-0.05, 0) is 12.5 Å². The highest BCUT2D eigenvalue weighted by atomic mass is 16.1. The van der Waals surface area contributed by atoms with Crippen molar-refractivity contribution in [3.05, 3.63) is 16.3 Å². The predicted octanol–water partition coefficient (Wildman–Crippen LogP) is -0.579. The second kappa shape index (κ2) is 2.75. The lowest BCUT2D eigenvalue weighted by Crippen LogP contribution is -2.10. The summed E-state index contributed by atoms with van der Waals surface area (Å²) in [5.74, 6) is 1.67. The maximum absolute atomic E-state index is 10.8. The van der Waals surface area contributed by atoms with Crippen molar-refractivity contribution in [1.29, 1.82) is 0 Å². The predicted molar refractivity (Wildman–Crippen MR) is 44.0 cm³/mol. The molecule has 66 valence electrons. The summed E-state index contributed by atoms with van der Waals surface area (Å²) >= 11 is 0. The Morgan fingerprint density at radius 2 is 2.33 bits per heavy atom. The fraction of sp³-hybridized carbons (Fsp3) is 0.714. The van der Waals surface area contributed by atoms with Gasteiger partial charge in [0.15, 0.2) is 0 Å². The van der Waals surface area contributed by atoms with Crippen molar-refractivity contribution in [3.8, 4) is 0 Å². The second-order valence-corrected chi connectivity index (χ2v) is 3.30. The molecule has 0 aromatic carbocycles. The summed E-state index contributed by atoms with van der Waals surface area (Å²) in [7, 11) is 0. The Labute approximate surface area is 69.6 Å². The summed E-state index contributed by atoms with van der Waals surface area (Å²) in [6, 6.07) is 0. The number of H-pyrrole nitrogens is 2. The minimum Gasteiger partial charge on any atom is -0.316 e. The molecule has 2 atom stereocenters. The average Bonchev–Trinajstić information content (AvgIpc) is 2.58. The third kappa shape index (κ3) is 1.16. The largest absolute Gasteiger partial charge is 0.340 e. The van der Waals surface area contributed by atoms with Crippen molar-refractivity contribution in [1.82, 2.24) is 20.5 Å². The molecule has 1 aromatic heterocycles. The molecule has 2 heterocycles. The molecule has 0 saturated carbocycles. The highest BCUT2D eigenvalue weighted by Gasteiger charge is 2.26.